The Hall–Kier alpha value is -3.33. The Kier molecular flexibility index (Phi) is 4.95. The number of rotatable bonds is 3. The summed E-state index contributed by atoms with van der Waals surface area (Å²) < 4.78 is 2.29. The molecule has 2 aromatic rings. The number of carbonyl (C=O) groups is 1. The molecule has 0 radical (unpaired) electrons. The van der Waals surface area contributed by atoms with Gasteiger partial charge in [0, 0.05) is 29.6 Å². The fourth-order valence-electron chi connectivity index (χ4n) is 2.00. The van der Waals surface area contributed by atoms with E-state index in [2.05, 4.69) is 16.2 Å². The number of nitrogens with one attached hydrogen (secondary N) is 1. The quantitative estimate of drug-likeness (QED) is 0.392. The molecule has 0 saturated carbocycles. The number of hydrogen-bond donors (Lipinski definition) is 2. The van der Waals surface area contributed by atoms with Gasteiger partial charge >= 0.3 is 6.03 Å². The van der Waals surface area contributed by atoms with E-state index in [9.17, 15) is 10.0 Å². The highest BCUT2D eigenvalue weighted by molar-refractivity contribution is 5.89. The summed E-state index contributed by atoms with van der Waals surface area (Å²) in [5.74, 6) is 2.60. The minimum absolute atomic E-state index is 0.273. The highest BCUT2D eigenvalue weighted by Gasteiger charge is 2.10. The van der Waals surface area contributed by atoms with Crippen molar-refractivity contribution in [1.82, 2.24) is 14.9 Å². The monoisotopic (exact) mass is 309 g/mol. The van der Waals surface area contributed by atoms with E-state index in [1.54, 1.807) is 31.5 Å². The molecule has 0 atom stereocenters. The smallest absolute Gasteiger partial charge is 0.326 e. The Morgan fingerprint density at radius 2 is 2.35 bits per heavy atom. The van der Waals surface area contributed by atoms with E-state index >= 15 is 0 Å². The van der Waals surface area contributed by atoms with Crippen LogP contribution < -0.4 is 10.0 Å². The van der Waals surface area contributed by atoms with Gasteiger partial charge in [0.05, 0.1) is 11.3 Å². The lowest BCUT2D eigenvalue weighted by atomic mass is 10.0. The molecule has 0 bridgehead atoms. The lowest BCUT2D eigenvalue weighted by molar-refractivity contribution is -0.904. The van der Waals surface area contributed by atoms with Crippen LogP contribution in [0.4, 0.5) is 4.79 Å². The van der Waals surface area contributed by atoms with Crippen LogP contribution in [-0.2, 0) is 0 Å². The Bertz CT molecular complexity index is 825. The summed E-state index contributed by atoms with van der Waals surface area (Å²) in [5.41, 5.74) is 2.68. The van der Waals surface area contributed by atoms with E-state index in [-0.39, 0.29) is 6.03 Å². The standard InChI is InChI=1S/C17H16N4O2/c1-4-13(15-7-6-8-21(23)10-15)9-14(5-2)16-11-20(12-19-16)17(22)18-3/h1,5-12H,2-3H3,(H-,18,22,23)/p+1. The molecular weight excluding hydrogens is 292 g/mol. The summed E-state index contributed by atoms with van der Waals surface area (Å²) in [6.45, 7) is 1.86. The summed E-state index contributed by atoms with van der Waals surface area (Å²) in [5, 5.41) is 12.0. The molecule has 1 amide bonds. The maximum atomic E-state index is 11.6. The normalized spacial score (nSPS) is 11.9. The van der Waals surface area contributed by atoms with Crippen LogP contribution >= 0.6 is 0 Å². The zero-order chi connectivity index (χ0) is 16.8. The zero-order valence-corrected chi connectivity index (χ0v) is 12.9. The van der Waals surface area contributed by atoms with Crippen molar-refractivity contribution < 1.29 is 14.7 Å². The van der Waals surface area contributed by atoms with Crippen LogP contribution in [0.15, 0.2) is 49.2 Å². The molecule has 6 heteroatoms. The maximum absolute atomic E-state index is 11.6. The van der Waals surface area contributed by atoms with E-state index in [1.807, 2.05) is 13.0 Å². The molecule has 0 aliphatic carbocycles. The Labute approximate surface area is 134 Å². The molecule has 0 saturated heterocycles. The van der Waals surface area contributed by atoms with Crippen LogP contribution in [0.1, 0.15) is 18.2 Å². The number of hydrogen-bond acceptors (Lipinski definition) is 3. The van der Waals surface area contributed by atoms with Crippen molar-refractivity contribution >= 4 is 17.2 Å². The van der Waals surface area contributed by atoms with E-state index < -0.39 is 0 Å². The van der Waals surface area contributed by atoms with Crippen LogP contribution in [0.5, 0.6) is 0 Å². The lowest BCUT2D eigenvalue weighted by Crippen LogP contribution is -2.28. The number of allylic oxidation sites excluding steroid dienone is 4. The second-order valence-electron chi connectivity index (χ2n) is 4.64. The molecule has 0 fully saturated rings. The maximum Gasteiger partial charge on any atom is 0.326 e. The van der Waals surface area contributed by atoms with Gasteiger partial charge in [-0.3, -0.25) is 9.77 Å². The third-order valence-electron chi connectivity index (χ3n) is 3.19. The first kappa shape index (κ1) is 16.0. The van der Waals surface area contributed by atoms with Gasteiger partial charge in [0.1, 0.15) is 6.33 Å². The van der Waals surface area contributed by atoms with Crippen molar-refractivity contribution in [2.24, 2.45) is 0 Å². The average Bonchev–Trinajstić information content (AvgIpc) is 3.05. The molecule has 2 rings (SSSR count). The predicted octanol–water partition coefficient (Wildman–Crippen LogP) is 1.72. The van der Waals surface area contributed by atoms with E-state index in [0.29, 0.717) is 16.8 Å². The number of pyridine rings is 1. The van der Waals surface area contributed by atoms with E-state index in [4.69, 9.17) is 6.42 Å². The fraction of sp³-hybridized carbons (Fsp3) is 0.118. The first-order valence-corrected chi connectivity index (χ1v) is 6.91. The van der Waals surface area contributed by atoms with Crippen LogP contribution in [-0.4, -0.2) is 27.8 Å². The summed E-state index contributed by atoms with van der Waals surface area (Å²) in [4.78, 5) is 15.8. The van der Waals surface area contributed by atoms with Crippen LogP contribution in [0, 0.1) is 12.3 Å². The van der Waals surface area contributed by atoms with Gasteiger partial charge in [-0.05, 0) is 24.6 Å². The number of nitrogens with zero attached hydrogens (tertiary/aromatic N) is 3. The van der Waals surface area contributed by atoms with Crippen LogP contribution in [0.25, 0.3) is 11.1 Å². The minimum atomic E-state index is -0.273. The number of imidazole rings is 1. The zero-order valence-electron chi connectivity index (χ0n) is 12.9. The number of carbonyl (C=O) groups excluding carboxylic acids is 1. The predicted molar refractivity (Wildman–Crippen MR) is 86.4 cm³/mol. The molecule has 0 aliphatic rings. The van der Waals surface area contributed by atoms with Crippen molar-refractivity contribution in [3.05, 3.63) is 60.5 Å². The molecule has 23 heavy (non-hydrogen) atoms. The summed E-state index contributed by atoms with van der Waals surface area (Å²) in [6, 6.07) is 3.22. The van der Waals surface area contributed by atoms with Crippen molar-refractivity contribution in [1.29, 1.82) is 0 Å². The van der Waals surface area contributed by atoms with Gasteiger partial charge in [-0.15, -0.1) is 6.42 Å². The fourth-order valence-corrected chi connectivity index (χ4v) is 2.00. The number of aromatic nitrogens is 3. The second kappa shape index (κ2) is 7.09. The minimum Gasteiger partial charge on any atom is -0.340 e. The van der Waals surface area contributed by atoms with Gasteiger partial charge in [-0.1, -0.05) is 12.0 Å². The molecule has 2 N–H and O–H groups in total. The summed E-state index contributed by atoms with van der Waals surface area (Å²) in [7, 11) is 1.55. The van der Waals surface area contributed by atoms with Gasteiger partial charge < -0.3 is 5.32 Å². The Morgan fingerprint density at radius 1 is 1.57 bits per heavy atom. The van der Waals surface area contributed by atoms with Gasteiger partial charge in [-0.2, -0.15) is 0 Å². The molecule has 0 unspecified atom stereocenters. The SMILES string of the molecule is C#CC(=CC(=CC)c1cn(C(=O)NC)cn1)c1ccc[n+](O)c1. The average molecular weight is 309 g/mol. The molecule has 2 heterocycles. The number of amides is 1. The topological polar surface area (TPSA) is 71.0 Å². The van der Waals surface area contributed by atoms with Crippen molar-refractivity contribution in [2.45, 2.75) is 6.92 Å². The van der Waals surface area contributed by atoms with Gasteiger partial charge in [-0.25, -0.2) is 9.78 Å². The van der Waals surface area contributed by atoms with Crippen molar-refractivity contribution in [3.63, 3.8) is 0 Å². The largest absolute Gasteiger partial charge is 0.340 e. The highest BCUT2D eigenvalue weighted by atomic mass is 16.5. The molecular formula is C17H17N4O2+. The van der Waals surface area contributed by atoms with Crippen molar-refractivity contribution in [2.75, 3.05) is 7.05 Å². The third-order valence-corrected chi connectivity index (χ3v) is 3.19. The van der Waals surface area contributed by atoms with E-state index in [0.717, 1.165) is 10.3 Å². The molecule has 0 aromatic carbocycles. The van der Waals surface area contributed by atoms with Gasteiger partial charge in [0.25, 0.3) is 0 Å². The van der Waals surface area contributed by atoms with Crippen LogP contribution in [0.3, 0.4) is 0 Å². The first-order chi connectivity index (χ1) is 11.1. The lowest BCUT2D eigenvalue weighted by Gasteiger charge is -2.01. The summed E-state index contributed by atoms with van der Waals surface area (Å²) in [6.07, 6.45) is 15.3. The Balaban J connectivity index is 2.39. The third kappa shape index (κ3) is 3.66. The first-order valence-electron chi connectivity index (χ1n) is 6.91. The molecule has 6 nitrogen and oxygen atoms in total. The molecule has 116 valence electrons. The molecule has 0 spiro atoms. The second-order valence-corrected chi connectivity index (χ2v) is 4.64. The molecule has 0 aliphatic heterocycles. The van der Waals surface area contributed by atoms with Crippen molar-refractivity contribution in [3.8, 4) is 12.3 Å². The van der Waals surface area contributed by atoms with Gasteiger partial charge in [0.15, 0.2) is 0 Å². The summed E-state index contributed by atoms with van der Waals surface area (Å²) >= 11 is 0. The van der Waals surface area contributed by atoms with Gasteiger partial charge in [0.2, 0.25) is 12.4 Å². The Morgan fingerprint density at radius 3 is 2.96 bits per heavy atom. The van der Waals surface area contributed by atoms with E-state index in [1.165, 1.54) is 23.3 Å². The number of terminal acetylenes is 1. The molecule has 2 aromatic heterocycles. The highest BCUT2D eigenvalue weighted by Crippen LogP contribution is 2.20. The van der Waals surface area contributed by atoms with Crippen LogP contribution in [0.2, 0.25) is 0 Å².